The molecule has 5 nitrogen and oxygen atoms in total. The molecule has 26 heavy (non-hydrogen) atoms. The summed E-state index contributed by atoms with van der Waals surface area (Å²) < 4.78 is 53.6. The maximum Gasteiger partial charge on any atom is 0.246 e. The van der Waals surface area contributed by atoms with Crippen LogP contribution in [0.1, 0.15) is 25.7 Å². The van der Waals surface area contributed by atoms with Gasteiger partial charge in [-0.25, -0.2) is 17.2 Å². The first-order valence-electron chi connectivity index (χ1n) is 9.10. The zero-order valence-electron chi connectivity index (χ0n) is 14.4. The first-order chi connectivity index (χ1) is 12.4. The molecular weight excluding hydrogens is 362 g/mol. The molecule has 3 unspecified atom stereocenters. The summed E-state index contributed by atoms with van der Waals surface area (Å²) in [5.41, 5.74) is 0. The number of rotatable bonds is 3. The second kappa shape index (κ2) is 6.56. The van der Waals surface area contributed by atoms with Crippen molar-refractivity contribution in [2.24, 2.45) is 17.8 Å². The summed E-state index contributed by atoms with van der Waals surface area (Å²) in [6.45, 7) is 0.793. The topological polar surface area (TPSA) is 57.7 Å². The number of halogens is 2. The number of fused-ring (bicyclic) bond motifs is 2. The molecular formula is C18H22F2N2O3S. The van der Waals surface area contributed by atoms with E-state index in [1.165, 1.54) is 6.42 Å². The molecule has 8 heteroatoms. The minimum atomic E-state index is -4.11. The quantitative estimate of drug-likeness (QED) is 0.803. The van der Waals surface area contributed by atoms with Gasteiger partial charge >= 0.3 is 0 Å². The number of nitrogens with zero attached hydrogens (tertiary/aromatic N) is 2. The number of carbonyl (C=O) groups is 1. The maximum absolute atomic E-state index is 13.9. The minimum Gasteiger partial charge on any atom is -0.340 e. The van der Waals surface area contributed by atoms with Crippen LogP contribution in [-0.2, 0) is 14.8 Å². The predicted octanol–water partition coefficient (Wildman–Crippen LogP) is 2.23. The van der Waals surface area contributed by atoms with E-state index in [0.717, 1.165) is 35.7 Å². The van der Waals surface area contributed by atoms with Gasteiger partial charge in [0.15, 0.2) is 0 Å². The summed E-state index contributed by atoms with van der Waals surface area (Å²) in [5, 5.41) is 0. The number of amides is 1. The Labute approximate surface area is 152 Å². The van der Waals surface area contributed by atoms with Crippen molar-refractivity contribution >= 4 is 15.9 Å². The van der Waals surface area contributed by atoms with Crippen LogP contribution in [0.25, 0.3) is 0 Å². The molecule has 1 heterocycles. The monoisotopic (exact) mass is 384 g/mol. The highest BCUT2D eigenvalue weighted by Crippen LogP contribution is 2.48. The number of sulfonamides is 1. The molecule has 4 rings (SSSR count). The minimum absolute atomic E-state index is 0.0811. The van der Waals surface area contributed by atoms with Gasteiger partial charge in [0.05, 0.1) is 0 Å². The molecule has 1 amide bonds. The van der Waals surface area contributed by atoms with Crippen LogP contribution in [0.4, 0.5) is 8.78 Å². The molecule has 0 spiro atoms. The van der Waals surface area contributed by atoms with Gasteiger partial charge < -0.3 is 4.90 Å². The molecule has 3 aliphatic rings. The number of hydrogen-bond acceptors (Lipinski definition) is 3. The highest BCUT2D eigenvalue weighted by molar-refractivity contribution is 7.89. The van der Waals surface area contributed by atoms with Gasteiger partial charge in [0, 0.05) is 32.1 Å². The Kier molecular flexibility index (Phi) is 4.51. The van der Waals surface area contributed by atoms with E-state index in [9.17, 15) is 22.0 Å². The van der Waals surface area contributed by atoms with E-state index >= 15 is 0 Å². The van der Waals surface area contributed by atoms with Crippen molar-refractivity contribution < 1.29 is 22.0 Å². The van der Waals surface area contributed by atoms with E-state index < -0.39 is 26.6 Å². The smallest absolute Gasteiger partial charge is 0.246 e. The molecule has 1 saturated heterocycles. The molecule has 2 bridgehead atoms. The lowest BCUT2D eigenvalue weighted by molar-refractivity contribution is -0.138. The van der Waals surface area contributed by atoms with Gasteiger partial charge in [-0.05, 0) is 49.3 Å². The molecule has 2 aliphatic carbocycles. The Morgan fingerprint density at radius 1 is 1.04 bits per heavy atom. The molecule has 142 valence electrons. The highest BCUT2D eigenvalue weighted by Gasteiger charge is 2.45. The molecule has 1 aromatic rings. The average molecular weight is 384 g/mol. The van der Waals surface area contributed by atoms with Crippen molar-refractivity contribution in [3.05, 3.63) is 29.8 Å². The van der Waals surface area contributed by atoms with Crippen molar-refractivity contribution in [2.45, 2.75) is 30.6 Å². The molecule has 2 saturated carbocycles. The summed E-state index contributed by atoms with van der Waals surface area (Å²) in [7, 11) is -4.11. The third-order valence-corrected chi connectivity index (χ3v) is 8.03. The number of piperazine rings is 1. The zero-order valence-corrected chi connectivity index (χ0v) is 15.2. The molecule has 0 radical (unpaired) electrons. The molecule has 1 aliphatic heterocycles. The third-order valence-electron chi connectivity index (χ3n) is 6.12. The van der Waals surface area contributed by atoms with Crippen molar-refractivity contribution in [3.63, 3.8) is 0 Å². The van der Waals surface area contributed by atoms with Gasteiger partial charge in [0.1, 0.15) is 16.5 Å². The molecule has 3 atom stereocenters. The van der Waals surface area contributed by atoms with E-state index in [4.69, 9.17) is 0 Å². The van der Waals surface area contributed by atoms with Gasteiger partial charge in [-0.15, -0.1) is 0 Å². The van der Waals surface area contributed by atoms with Crippen LogP contribution in [0, 0.1) is 29.4 Å². The Morgan fingerprint density at radius 2 is 1.77 bits per heavy atom. The summed E-state index contributed by atoms with van der Waals surface area (Å²) in [5.74, 6) is -0.395. The van der Waals surface area contributed by atoms with Crippen molar-refractivity contribution in [3.8, 4) is 0 Å². The van der Waals surface area contributed by atoms with Crippen LogP contribution >= 0.6 is 0 Å². The predicted molar refractivity (Wildman–Crippen MR) is 90.6 cm³/mol. The Morgan fingerprint density at radius 3 is 2.38 bits per heavy atom. The number of hydrogen-bond donors (Lipinski definition) is 0. The van der Waals surface area contributed by atoms with Crippen LogP contribution in [0.15, 0.2) is 23.1 Å². The largest absolute Gasteiger partial charge is 0.340 e. The maximum atomic E-state index is 13.9. The van der Waals surface area contributed by atoms with Crippen LogP contribution < -0.4 is 0 Å². The second-order valence-electron chi connectivity index (χ2n) is 7.59. The van der Waals surface area contributed by atoms with Crippen LogP contribution in [-0.4, -0.2) is 49.7 Å². The Balaban J connectivity index is 1.43. The van der Waals surface area contributed by atoms with Crippen LogP contribution in [0.5, 0.6) is 0 Å². The fraction of sp³-hybridized carbons (Fsp3) is 0.611. The fourth-order valence-electron chi connectivity index (χ4n) is 4.74. The number of benzene rings is 1. The standard InChI is InChI=1S/C18H22F2N2O3S/c19-14-3-4-16(20)17(11-14)26(24,25)22-7-5-21(6-8-22)18(23)15-10-12-1-2-13(15)9-12/h3-4,11-13,15H,1-2,5-10H2. The molecule has 3 fully saturated rings. The first-order valence-corrected chi connectivity index (χ1v) is 10.5. The van der Waals surface area contributed by atoms with Gasteiger partial charge in [-0.2, -0.15) is 4.31 Å². The van der Waals surface area contributed by atoms with Crippen molar-refractivity contribution in [2.75, 3.05) is 26.2 Å². The molecule has 0 aromatic heterocycles. The van der Waals surface area contributed by atoms with Gasteiger partial charge in [-0.3, -0.25) is 4.79 Å². The third kappa shape index (κ3) is 3.03. The summed E-state index contributed by atoms with van der Waals surface area (Å²) >= 11 is 0. The van der Waals surface area contributed by atoms with Gasteiger partial charge in [0.2, 0.25) is 15.9 Å². The lowest BCUT2D eigenvalue weighted by atomic mass is 9.87. The lowest BCUT2D eigenvalue weighted by Gasteiger charge is -2.36. The van der Waals surface area contributed by atoms with Crippen LogP contribution in [0.2, 0.25) is 0 Å². The zero-order chi connectivity index (χ0) is 18.5. The van der Waals surface area contributed by atoms with E-state index in [2.05, 4.69) is 0 Å². The fourth-order valence-corrected chi connectivity index (χ4v) is 6.24. The Bertz CT molecular complexity index is 822. The normalized spacial score (nSPS) is 29.3. The summed E-state index contributed by atoms with van der Waals surface area (Å²) in [4.78, 5) is 13.9. The Hall–Kier alpha value is -1.54. The van der Waals surface area contributed by atoms with E-state index in [1.807, 2.05) is 0 Å². The summed E-state index contributed by atoms with van der Waals surface area (Å²) in [6, 6.07) is 2.41. The van der Waals surface area contributed by atoms with Gasteiger partial charge in [-0.1, -0.05) is 6.42 Å². The van der Waals surface area contributed by atoms with E-state index in [-0.39, 0.29) is 24.9 Å². The van der Waals surface area contributed by atoms with Gasteiger partial charge in [0.25, 0.3) is 0 Å². The SMILES string of the molecule is O=C(C1CC2CCC1C2)N1CCN(S(=O)(=O)c2cc(F)ccc2F)CC1. The first kappa shape index (κ1) is 17.9. The molecule has 0 N–H and O–H groups in total. The lowest BCUT2D eigenvalue weighted by Crippen LogP contribution is -2.52. The van der Waals surface area contributed by atoms with E-state index in [1.54, 1.807) is 4.90 Å². The summed E-state index contributed by atoms with van der Waals surface area (Å²) in [6.07, 6.45) is 4.44. The second-order valence-corrected chi connectivity index (χ2v) is 9.49. The van der Waals surface area contributed by atoms with E-state index in [0.29, 0.717) is 31.0 Å². The van der Waals surface area contributed by atoms with Crippen molar-refractivity contribution in [1.82, 2.24) is 9.21 Å². The molecule has 1 aromatic carbocycles. The average Bonchev–Trinajstić information content (AvgIpc) is 3.26. The van der Waals surface area contributed by atoms with Crippen molar-refractivity contribution in [1.29, 1.82) is 0 Å². The highest BCUT2D eigenvalue weighted by atomic mass is 32.2. The van der Waals surface area contributed by atoms with Crippen LogP contribution in [0.3, 0.4) is 0 Å². The number of carbonyl (C=O) groups excluding carboxylic acids is 1.